The van der Waals surface area contributed by atoms with Crippen LogP contribution in [0.25, 0.3) is 99.9 Å². The topological polar surface area (TPSA) is 48.5 Å². The second-order valence-corrected chi connectivity index (χ2v) is 23.6. The molecule has 0 saturated heterocycles. The Morgan fingerprint density at radius 2 is 0.795 bits per heavy atom. The Morgan fingerprint density at radius 1 is 0.329 bits per heavy atom. The quantitative estimate of drug-likeness (QED) is 0.135. The van der Waals surface area contributed by atoms with Crippen molar-refractivity contribution in [2.45, 2.75) is 0 Å². The van der Waals surface area contributed by atoms with Crippen LogP contribution in [0.3, 0.4) is 0 Å². The summed E-state index contributed by atoms with van der Waals surface area (Å²) in [6.07, 6.45) is 0. The van der Waals surface area contributed by atoms with Crippen molar-refractivity contribution in [3.8, 4) is 45.5 Å². The molecule has 0 radical (unpaired) electrons. The fourth-order valence-electron chi connectivity index (χ4n) is 9.31. The maximum atomic E-state index is 9.84. The van der Waals surface area contributed by atoms with E-state index in [4.69, 9.17) is 38.3 Å². The molecule has 0 aliphatic heterocycles. The number of aromatic nitrogens is 5. The van der Waals surface area contributed by atoms with Crippen LogP contribution in [0.5, 0.6) is 0 Å². The fourth-order valence-corrected chi connectivity index (χ4v) is 17.3. The molecule has 0 N–H and O–H groups in total. The first-order chi connectivity index (χ1) is 50.7. The molecule has 0 bridgehead atoms. The summed E-state index contributed by atoms with van der Waals surface area (Å²) in [5, 5.41) is -1.51. The predicted octanol–water partition coefficient (Wildman–Crippen LogP) is 13.6. The van der Waals surface area contributed by atoms with Crippen molar-refractivity contribution in [2.24, 2.45) is 0 Å². The molecule has 0 atom stereocenters. The molecule has 14 aromatic rings. The van der Waals surface area contributed by atoms with Crippen LogP contribution in [0.15, 0.2) is 272 Å². The van der Waals surface area contributed by atoms with Gasteiger partial charge >= 0.3 is 296 Å². The van der Waals surface area contributed by atoms with E-state index in [-0.39, 0.29) is 26.5 Å². The zero-order chi connectivity index (χ0) is 78.8. The van der Waals surface area contributed by atoms with E-state index in [0.717, 1.165) is 9.13 Å². The van der Waals surface area contributed by atoms with Crippen molar-refractivity contribution in [1.82, 2.24) is 24.1 Å². The van der Waals surface area contributed by atoms with Crippen LogP contribution in [-0.2, 0) is 0 Å². The van der Waals surface area contributed by atoms with Crippen molar-refractivity contribution in [3.05, 3.63) is 272 Å². The normalized spacial score (nSPS) is 18.5. The van der Waals surface area contributed by atoms with Crippen LogP contribution in [0.1, 0.15) is 48.0 Å². The SMILES string of the molecule is [2H]c1c([2H])c([2H])[c]([Ge]([c]2ccc3cccc(-c4cccc(-c5nc(-c6c([2H])c([2H])c([2H])c([2H])c6-n6c7c([2H])c([2H])c([2H])c([2H])c7c7c([2H])c([2H])c([2H])c([2H])c76)nc(-n6c7c([2H])c([2H])c([2H])c([2H])c7c7c([2H])c([2H])c([2H])c([2H])c76)n5)c4)c3c2)([c]2c([2H])c([2H])c([2H])c([2H])c2[2H])[c]2c([2H])c([2H])c([2H])c([2H])c2[2H])c([2H])c1[2H]. The summed E-state index contributed by atoms with van der Waals surface area (Å²) >= 11 is -6.64. The van der Waals surface area contributed by atoms with Gasteiger partial charge in [0.15, 0.2) is 0 Å². The van der Waals surface area contributed by atoms with E-state index in [9.17, 15) is 24.7 Å². The van der Waals surface area contributed by atoms with Gasteiger partial charge in [-0.2, -0.15) is 0 Å². The standard InChI is InChI=1S/C67H45GeN5/c1-4-25-49(26-5-1)68(50-27-6-2-7-28-50,51-29-8-3-9-30-51)52-43-42-46-22-21-36-53(59(46)45-52)47-23-20-24-48(44-47)65-69-66(71-67(70-65)73-62-39-17-12-33-56(62)57-34-13-18-40-63(57)73)58-35-14-19-41-64(58)72-60-37-15-10-31-54(60)55-32-11-16-38-61(55)72/h1-45H/i1D,2D,3D,4D,5D,6D,7D,8D,9D,10D,11D,12D,13D,14D,15D,16D,17D,18D,19D,25D,26D,27D,28D,29D,30D,31D,32D,33D,34D,35D,37D,38D,39D,40D,41D. The van der Waals surface area contributed by atoms with Gasteiger partial charge in [0.05, 0.1) is 38.4 Å². The second-order valence-electron chi connectivity index (χ2n) is 16.1. The van der Waals surface area contributed by atoms with E-state index in [1.807, 2.05) is 0 Å². The minimum absolute atomic E-state index is 0.0954. The first-order valence-electron chi connectivity index (χ1n) is 39.5. The zero-order valence-corrected chi connectivity index (χ0v) is 39.1. The van der Waals surface area contributed by atoms with Crippen molar-refractivity contribution < 1.29 is 48.0 Å². The fraction of sp³-hybridized carbons (Fsp3) is 0. The summed E-state index contributed by atoms with van der Waals surface area (Å²) in [6.45, 7) is 0. The number of fused-ring (bicyclic) bond motifs is 7. The minimum atomic E-state index is -6.64. The Bertz CT molecular complexity index is 6120. The maximum absolute atomic E-state index is 9.84. The Morgan fingerprint density at radius 3 is 1.37 bits per heavy atom. The average molecular weight is 1030 g/mol. The summed E-state index contributed by atoms with van der Waals surface area (Å²) in [6, 6.07) is -17.7. The molecule has 3 aromatic heterocycles. The molecule has 14 rings (SSSR count). The van der Waals surface area contributed by atoms with Gasteiger partial charge in [-0.25, -0.2) is 0 Å². The van der Waals surface area contributed by atoms with E-state index in [1.54, 1.807) is 24.3 Å². The predicted molar refractivity (Wildman–Crippen MR) is 306 cm³/mol. The van der Waals surface area contributed by atoms with Crippen molar-refractivity contribution in [1.29, 1.82) is 0 Å². The van der Waals surface area contributed by atoms with Gasteiger partial charge in [-0.1, -0.05) is 84.6 Å². The Labute approximate surface area is 474 Å². The van der Waals surface area contributed by atoms with Gasteiger partial charge in [0.25, 0.3) is 0 Å². The molecule has 5 nitrogen and oxygen atoms in total. The van der Waals surface area contributed by atoms with Crippen LogP contribution >= 0.6 is 0 Å². The van der Waals surface area contributed by atoms with Crippen LogP contribution in [0.4, 0.5) is 0 Å². The van der Waals surface area contributed by atoms with Gasteiger partial charge in [-0.05, 0) is 30.2 Å². The van der Waals surface area contributed by atoms with Gasteiger partial charge in [-0.3, -0.25) is 0 Å². The Kier molecular flexibility index (Phi) is 4.86. The molecule has 73 heavy (non-hydrogen) atoms. The summed E-state index contributed by atoms with van der Waals surface area (Å²) in [7, 11) is 0. The van der Waals surface area contributed by atoms with E-state index in [2.05, 4.69) is 0 Å². The number of benzene rings is 11. The summed E-state index contributed by atoms with van der Waals surface area (Å²) in [5.74, 6) is -2.15. The molecule has 0 aliphatic carbocycles. The van der Waals surface area contributed by atoms with Crippen LogP contribution in [0.2, 0.25) is 0 Å². The summed E-state index contributed by atoms with van der Waals surface area (Å²) in [5.41, 5.74) is -3.71. The molecule has 6 heteroatoms. The van der Waals surface area contributed by atoms with Gasteiger partial charge < -0.3 is 4.57 Å². The first-order valence-corrected chi connectivity index (χ1v) is 26.2. The number of rotatable bonds is 9. The van der Waals surface area contributed by atoms with E-state index in [1.165, 1.54) is 36.4 Å². The third-order valence-corrected chi connectivity index (χ3v) is 21.1. The molecule has 3 heterocycles. The third-order valence-electron chi connectivity index (χ3n) is 12.4. The number of hydrogen-bond donors (Lipinski definition) is 0. The van der Waals surface area contributed by atoms with E-state index in [0.29, 0.717) is 5.39 Å². The number of para-hydroxylation sites is 5. The third kappa shape index (κ3) is 6.96. The number of nitrogens with zero attached hydrogens (tertiary/aromatic N) is 5. The molecule has 0 saturated carbocycles. The van der Waals surface area contributed by atoms with E-state index < -0.39 is 310 Å². The monoisotopic (exact) mass is 1030 g/mol. The Hall–Kier alpha value is -9.17. The van der Waals surface area contributed by atoms with Crippen molar-refractivity contribution in [2.75, 3.05) is 0 Å². The summed E-state index contributed by atoms with van der Waals surface area (Å²) < 4.78 is 321. The molecule has 0 aliphatic rings. The molecule has 0 fully saturated rings. The number of hydrogen-bond acceptors (Lipinski definition) is 3. The molecule has 342 valence electrons. The second kappa shape index (κ2) is 17.6. The van der Waals surface area contributed by atoms with Gasteiger partial charge in [0.2, 0.25) is 0 Å². The first kappa shape index (κ1) is 20.2. The van der Waals surface area contributed by atoms with Crippen LogP contribution < -0.4 is 17.6 Å². The van der Waals surface area contributed by atoms with Gasteiger partial charge in [0.1, 0.15) is 0 Å². The molecule has 0 spiro atoms. The summed E-state index contributed by atoms with van der Waals surface area (Å²) in [4.78, 5) is 14.5. The van der Waals surface area contributed by atoms with Crippen LogP contribution in [0, 0.1) is 0 Å². The van der Waals surface area contributed by atoms with E-state index >= 15 is 0 Å². The molecular weight excluding hydrogens is 947 g/mol. The molecule has 11 aromatic carbocycles. The molecule has 0 amide bonds. The zero-order valence-electron chi connectivity index (χ0n) is 72.0. The molecule has 0 unspecified atom stereocenters. The van der Waals surface area contributed by atoms with Gasteiger partial charge in [0, 0.05) is 21.5 Å². The van der Waals surface area contributed by atoms with Gasteiger partial charge in [-0.15, -0.1) is 0 Å². The Balaban J connectivity index is 1.14. The van der Waals surface area contributed by atoms with Crippen molar-refractivity contribution in [3.63, 3.8) is 0 Å². The molecular formula is C67H45GeN5. The average Bonchev–Trinajstić information content (AvgIpc) is 1.15. The van der Waals surface area contributed by atoms with Crippen LogP contribution in [-0.4, -0.2) is 37.4 Å². The van der Waals surface area contributed by atoms with Crippen molar-refractivity contribution >= 4 is 85.2 Å².